The molecule has 0 N–H and O–H groups in total. The number of hydrogen-bond acceptors (Lipinski definition) is 2. The maximum absolute atomic E-state index is 5.64. The standard InChI is InChI=1S/C11H20ClN3/c1-2-3-4-5-6-7-8-15-10-11(9-12)13-14-15/h10H,2-9H2,1H3. The van der Waals surface area contributed by atoms with Crippen LogP contribution in [0.3, 0.4) is 0 Å². The van der Waals surface area contributed by atoms with E-state index in [0.29, 0.717) is 5.88 Å². The van der Waals surface area contributed by atoms with Crippen molar-refractivity contribution in [2.45, 2.75) is 57.9 Å². The van der Waals surface area contributed by atoms with Crippen LogP contribution in [-0.4, -0.2) is 15.0 Å². The molecule has 0 saturated carbocycles. The van der Waals surface area contributed by atoms with Gasteiger partial charge in [-0.3, -0.25) is 4.68 Å². The smallest absolute Gasteiger partial charge is 0.0974 e. The summed E-state index contributed by atoms with van der Waals surface area (Å²) >= 11 is 5.64. The van der Waals surface area contributed by atoms with E-state index in [2.05, 4.69) is 17.2 Å². The quantitative estimate of drug-likeness (QED) is 0.506. The molecule has 1 heterocycles. The third kappa shape index (κ3) is 5.17. The molecule has 0 amide bonds. The molecular formula is C11H20ClN3. The van der Waals surface area contributed by atoms with Gasteiger partial charge in [0.2, 0.25) is 0 Å². The van der Waals surface area contributed by atoms with Crippen LogP contribution >= 0.6 is 11.6 Å². The van der Waals surface area contributed by atoms with Gasteiger partial charge in [-0.25, -0.2) is 0 Å². The molecule has 4 heteroatoms. The van der Waals surface area contributed by atoms with Crippen LogP contribution in [0.15, 0.2) is 6.20 Å². The van der Waals surface area contributed by atoms with E-state index in [1.807, 2.05) is 10.9 Å². The molecule has 0 unspecified atom stereocenters. The lowest BCUT2D eigenvalue weighted by Crippen LogP contribution is -1.98. The van der Waals surface area contributed by atoms with Crippen molar-refractivity contribution in [1.29, 1.82) is 0 Å². The summed E-state index contributed by atoms with van der Waals surface area (Å²) in [6, 6.07) is 0. The predicted octanol–water partition coefficient (Wildman–Crippen LogP) is 3.38. The van der Waals surface area contributed by atoms with Gasteiger partial charge < -0.3 is 0 Å². The summed E-state index contributed by atoms with van der Waals surface area (Å²) < 4.78 is 1.89. The van der Waals surface area contributed by atoms with E-state index < -0.39 is 0 Å². The Morgan fingerprint density at radius 1 is 1.20 bits per heavy atom. The second kappa shape index (κ2) is 7.69. The van der Waals surface area contributed by atoms with Crippen LogP contribution in [0.2, 0.25) is 0 Å². The topological polar surface area (TPSA) is 30.7 Å². The highest BCUT2D eigenvalue weighted by molar-refractivity contribution is 6.16. The Balaban J connectivity index is 2.04. The van der Waals surface area contributed by atoms with Gasteiger partial charge in [-0.05, 0) is 6.42 Å². The number of rotatable bonds is 8. The first-order valence-corrected chi connectivity index (χ1v) is 6.35. The van der Waals surface area contributed by atoms with E-state index >= 15 is 0 Å². The Bertz CT molecular complexity index is 260. The molecule has 0 atom stereocenters. The van der Waals surface area contributed by atoms with E-state index in [4.69, 9.17) is 11.6 Å². The fourth-order valence-corrected chi connectivity index (χ4v) is 1.69. The molecule has 0 aliphatic carbocycles. The van der Waals surface area contributed by atoms with Crippen LogP contribution in [0.4, 0.5) is 0 Å². The molecular weight excluding hydrogens is 210 g/mol. The van der Waals surface area contributed by atoms with E-state index in [0.717, 1.165) is 12.2 Å². The average molecular weight is 230 g/mol. The molecule has 0 aromatic carbocycles. The van der Waals surface area contributed by atoms with E-state index in [1.54, 1.807) is 0 Å². The van der Waals surface area contributed by atoms with Gasteiger partial charge in [-0.2, -0.15) is 0 Å². The first kappa shape index (κ1) is 12.5. The van der Waals surface area contributed by atoms with Gasteiger partial charge in [-0.1, -0.05) is 44.2 Å². The molecule has 0 aliphatic rings. The zero-order valence-corrected chi connectivity index (χ0v) is 10.2. The van der Waals surface area contributed by atoms with Crippen molar-refractivity contribution < 1.29 is 0 Å². The van der Waals surface area contributed by atoms with Gasteiger partial charge in [-0.15, -0.1) is 16.7 Å². The minimum Gasteiger partial charge on any atom is -0.252 e. The van der Waals surface area contributed by atoms with Crippen LogP contribution in [0, 0.1) is 0 Å². The minimum atomic E-state index is 0.455. The number of hydrogen-bond donors (Lipinski definition) is 0. The second-order valence-electron chi connectivity index (χ2n) is 3.87. The predicted molar refractivity (Wildman–Crippen MR) is 63.0 cm³/mol. The van der Waals surface area contributed by atoms with Gasteiger partial charge in [0, 0.05) is 12.7 Å². The Morgan fingerprint density at radius 2 is 1.93 bits per heavy atom. The first-order chi connectivity index (χ1) is 7.36. The van der Waals surface area contributed by atoms with Crippen molar-refractivity contribution >= 4 is 11.6 Å². The number of nitrogens with zero attached hydrogens (tertiary/aromatic N) is 3. The molecule has 86 valence electrons. The van der Waals surface area contributed by atoms with Crippen LogP contribution in [0.5, 0.6) is 0 Å². The molecule has 3 nitrogen and oxygen atoms in total. The Hall–Kier alpha value is -0.570. The lowest BCUT2D eigenvalue weighted by Gasteiger charge is -2.00. The number of halogens is 1. The van der Waals surface area contributed by atoms with Crippen LogP contribution in [-0.2, 0) is 12.4 Å². The van der Waals surface area contributed by atoms with Gasteiger partial charge >= 0.3 is 0 Å². The monoisotopic (exact) mass is 229 g/mol. The maximum atomic E-state index is 5.64. The van der Waals surface area contributed by atoms with Crippen LogP contribution in [0.25, 0.3) is 0 Å². The van der Waals surface area contributed by atoms with Gasteiger partial charge in [0.1, 0.15) is 0 Å². The maximum Gasteiger partial charge on any atom is 0.0974 e. The SMILES string of the molecule is CCCCCCCCn1cc(CCl)nn1. The summed E-state index contributed by atoms with van der Waals surface area (Å²) in [6.45, 7) is 3.21. The van der Waals surface area contributed by atoms with Crippen molar-refractivity contribution in [3.05, 3.63) is 11.9 Å². The van der Waals surface area contributed by atoms with Gasteiger partial charge in [0.05, 0.1) is 11.6 Å². The zero-order valence-electron chi connectivity index (χ0n) is 9.45. The Labute approximate surface area is 96.8 Å². The normalized spacial score (nSPS) is 10.8. The largest absolute Gasteiger partial charge is 0.252 e. The molecule has 0 aliphatic heterocycles. The number of aryl methyl sites for hydroxylation is 1. The summed E-state index contributed by atoms with van der Waals surface area (Å²) in [6.07, 6.45) is 9.78. The van der Waals surface area contributed by atoms with Crippen molar-refractivity contribution in [1.82, 2.24) is 15.0 Å². The highest BCUT2D eigenvalue weighted by atomic mass is 35.5. The van der Waals surface area contributed by atoms with Crippen LogP contribution in [0.1, 0.15) is 51.1 Å². The third-order valence-electron chi connectivity index (χ3n) is 2.46. The third-order valence-corrected chi connectivity index (χ3v) is 2.74. The fourth-order valence-electron chi connectivity index (χ4n) is 1.56. The number of alkyl halides is 1. The highest BCUT2D eigenvalue weighted by Gasteiger charge is 1.98. The molecule has 0 fully saturated rings. The summed E-state index contributed by atoms with van der Waals surface area (Å²) in [5.74, 6) is 0.455. The van der Waals surface area contributed by atoms with E-state index in [-0.39, 0.29) is 0 Å². The van der Waals surface area contributed by atoms with Crippen molar-refractivity contribution in [2.75, 3.05) is 0 Å². The summed E-state index contributed by atoms with van der Waals surface area (Å²) in [7, 11) is 0. The average Bonchev–Trinajstić information content (AvgIpc) is 2.71. The van der Waals surface area contributed by atoms with Crippen molar-refractivity contribution in [3.63, 3.8) is 0 Å². The Kier molecular flexibility index (Phi) is 6.41. The molecule has 0 radical (unpaired) electrons. The van der Waals surface area contributed by atoms with Crippen molar-refractivity contribution in [3.8, 4) is 0 Å². The lowest BCUT2D eigenvalue weighted by molar-refractivity contribution is 0.516. The fraction of sp³-hybridized carbons (Fsp3) is 0.818. The molecule has 1 aromatic rings. The molecule has 0 bridgehead atoms. The lowest BCUT2D eigenvalue weighted by atomic mass is 10.1. The Morgan fingerprint density at radius 3 is 2.60 bits per heavy atom. The summed E-state index contributed by atoms with van der Waals surface area (Å²) in [5.41, 5.74) is 0.864. The first-order valence-electron chi connectivity index (χ1n) is 5.81. The van der Waals surface area contributed by atoms with Crippen LogP contribution < -0.4 is 0 Å². The second-order valence-corrected chi connectivity index (χ2v) is 4.14. The van der Waals surface area contributed by atoms with Crippen molar-refractivity contribution in [2.24, 2.45) is 0 Å². The summed E-state index contributed by atoms with van der Waals surface area (Å²) in [4.78, 5) is 0. The molecule has 1 aromatic heterocycles. The molecule has 15 heavy (non-hydrogen) atoms. The number of aromatic nitrogens is 3. The van der Waals surface area contributed by atoms with E-state index in [9.17, 15) is 0 Å². The summed E-state index contributed by atoms with van der Waals surface area (Å²) in [5, 5.41) is 7.95. The van der Waals surface area contributed by atoms with Gasteiger partial charge in [0.25, 0.3) is 0 Å². The zero-order chi connectivity index (χ0) is 10.9. The highest BCUT2D eigenvalue weighted by Crippen LogP contribution is 2.06. The minimum absolute atomic E-state index is 0.455. The molecule has 1 rings (SSSR count). The van der Waals surface area contributed by atoms with Gasteiger partial charge in [0.15, 0.2) is 0 Å². The molecule has 0 saturated heterocycles. The number of unbranched alkanes of at least 4 members (excludes halogenated alkanes) is 5. The van der Waals surface area contributed by atoms with E-state index in [1.165, 1.54) is 38.5 Å². The molecule has 0 spiro atoms.